The smallest absolute Gasteiger partial charge is 0.264 e. The van der Waals surface area contributed by atoms with Crippen LogP contribution in [0.2, 0.25) is 5.02 Å². The van der Waals surface area contributed by atoms with Crippen molar-refractivity contribution in [2.24, 2.45) is 0 Å². The molecule has 0 bridgehead atoms. The number of aromatic nitrogens is 6. The van der Waals surface area contributed by atoms with Crippen LogP contribution < -0.4 is 5.56 Å². The molecule has 1 aromatic carbocycles. The summed E-state index contributed by atoms with van der Waals surface area (Å²) in [6.45, 7) is 0.858. The van der Waals surface area contributed by atoms with E-state index in [9.17, 15) is 14.7 Å². The number of aliphatic hydroxyl groups is 1. The molecule has 0 unspecified atom stereocenters. The molecule has 5 heterocycles. The van der Waals surface area contributed by atoms with Crippen LogP contribution >= 0.6 is 11.6 Å². The Morgan fingerprint density at radius 3 is 2.64 bits per heavy atom. The molecule has 1 saturated heterocycles. The van der Waals surface area contributed by atoms with Crippen LogP contribution in [-0.2, 0) is 6.54 Å². The fourth-order valence-electron chi connectivity index (χ4n) is 4.66. The molecule has 1 fully saturated rings. The number of carbonyl (C=O) groups excluding carboxylic acids is 1. The number of benzene rings is 1. The lowest BCUT2D eigenvalue weighted by molar-refractivity contribution is -0.0299. The van der Waals surface area contributed by atoms with Gasteiger partial charge in [-0.2, -0.15) is 5.10 Å². The zero-order valence-corrected chi connectivity index (χ0v) is 19.9. The third-order valence-electron chi connectivity index (χ3n) is 6.71. The number of carbonyl (C=O) groups is 1. The van der Waals surface area contributed by atoms with Crippen molar-refractivity contribution < 1.29 is 9.90 Å². The van der Waals surface area contributed by atoms with Gasteiger partial charge in [0.15, 0.2) is 5.65 Å². The summed E-state index contributed by atoms with van der Waals surface area (Å²) in [5, 5.41) is 16.5. The Balaban J connectivity index is 1.18. The van der Waals surface area contributed by atoms with Gasteiger partial charge in [0.05, 0.1) is 29.6 Å². The van der Waals surface area contributed by atoms with Crippen LogP contribution in [0.3, 0.4) is 0 Å². The third kappa shape index (κ3) is 3.94. The second-order valence-electron chi connectivity index (χ2n) is 9.07. The van der Waals surface area contributed by atoms with Crippen LogP contribution in [-0.4, -0.2) is 63.3 Å². The SMILES string of the molecule is O=C(c1ccc2nccn2c1)N1CCC(O)(Cn2cnc3c(cnn3-c3ccc(Cl)cc3)c2=O)CC1. The van der Waals surface area contributed by atoms with Crippen LogP contribution in [0.1, 0.15) is 23.2 Å². The number of nitrogens with zero attached hydrogens (tertiary/aromatic N) is 7. The Kier molecular flexibility index (Phi) is 5.35. The van der Waals surface area contributed by atoms with Crippen LogP contribution in [0, 0.1) is 0 Å². The summed E-state index contributed by atoms with van der Waals surface area (Å²) in [5.41, 5.74) is 1.10. The number of imidazole rings is 1. The molecule has 0 saturated carbocycles. The van der Waals surface area contributed by atoms with E-state index >= 15 is 0 Å². The predicted molar refractivity (Wildman–Crippen MR) is 133 cm³/mol. The highest BCUT2D eigenvalue weighted by molar-refractivity contribution is 6.30. The maximum atomic E-state index is 13.2. The summed E-state index contributed by atoms with van der Waals surface area (Å²) in [7, 11) is 0. The Bertz CT molecular complexity index is 1650. The summed E-state index contributed by atoms with van der Waals surface area (Å²) in [6, 6.07) is 10.7. The maximum Gasteiger partial charge on any atom is 0.264 e. The minimum atomic E-state index is -1.13. The van der Waals surface area contributed by atoms with Crippen LogP contribution in [0.5, 0.6) is 0 Å². The molecule has 0 radical (unpaired) electrons. The maximum absolute atomic E-state index is 13.2. The molecule has 6 rings (SSSR count). The molecule has 0 spiro atoms. The van der Waals surface area contributed by atoms with Crippen LogP contribution in [0.15, 0.2) is 72.3 Å². The number of piperidine rings is 1. The normalized spacial score (nSPS) is 15.6. The molecule has 1 amide bonds. The van der Waals surface area contributed by atoms with Crippen molar-refractivity contribution >= 4 is 34.2 Å². The number of pyridine rings is 1. The topological polar surface area (TPSA) is 111 Å². The average molecular weight is 504 g/mol. The van der Waals surface area contributed by atoms with E-state index in [0.29, 0.717) is 47.6 Å². The van der Waals surface area contributed by atoms with Gasteiger partial charge in [-0.3, -0.25) is 14.2 Å². The van der Waals surface area contributed by atoms with Crippen molar-refractivity contribution in [3.05, 3.63) is 88.5 Å². The fraction of sp³-hybridized carbons (Fsp3) is 0.240. The average Bonchev–Trinajstić information content (AvgIpc) is 3.53. The van der Waals surface area contributed by atoms with E-state index in [2.05, 4.69) is 15.1 Å². The molecular weight excluding hydrogens is 482 g/mol. The minimum absolute atomic E-state index is 0.0872. The number of rotatable bonds is 4. The highest BCUT2D eigenvalue weighted by Gasteiger charge is 2.35. The molecule has 0 atom stereocenters. The molecule has 10 nitrogen and oxygen atoms in total. The van der Waals surface area contributed by atoms with Crippen molar-refractivity contribution in [3.8, 4) is 5.69 Å². The number of hydrogen-bond acceptors (Lipinski definition) is 6. The first-order valence-electron chi connectivity index (χ1n) is 11.5. The predicted octanol–water partition coefficient (Wildman–Crippen LogP) is 2.55. The Morgan fingerprint density at radius 2 is 1.86 bits per heavy atom. The number of fused-ring (bicyclic) bond motifs is 2. The van der Waals surface area contributed by atoms with Crippen LogP contribution in [0.4, 0.5) is 0 Å². The molecule has 4 aromatic heterocycles. The molecule has 1 aliphatic heterocycles. The third-order valence-corrected chi connectivity index (χ3v) is 6.96. The summed E-state index contributed by atoms with van der Waals surface area (Å²) in [5.74, 6) is -0.0949. The molecule has 1 N–H and O–H groups in total. The van der Waals surface area contributed by atoms with Gasteiger partial charge < -0.3 is 14.4 Å². The quantitative estimate of drug-likeness (QED) is 0.403. The Hall–Kier alpha value is -4.02. The van der Waals surface area contributed by atoms with Crippen molar-refractivity contribution in [2.75, 3.05) is 13.1 Å². The Morgan fingerprint density at radius 1 is 1.08 bits per heavy atom. The molecular formula is C25H22ClN7O3. The summed E-state index contributed by atoms with van der Waals surface area (Å²) >= 11 is 5.97. The van der Waals surface area contributed by atoms with Crippen molar-refractivity contribution in [1.29, 1.82) is 0 Å². The van der Waals surface area contributed by atoms with E-state index in [-0.39, 0.29) is 18.0 Å². The number of likely N-dealkylation sites (tertiary alicyclic amines) is 1. The first kappa shape index (κ1) is 22.4. The molecule has 1 aliphatic rings. The van der Waals surface area contributed by atoms with Gasteiger partial charge >= 0.3 is 0 Å². The lowest BCUT2D eigenvalue weighted by atomic mass is 9.91. The zero-order chi connectivity index (χ0) is 24.9. The van der Waals surface area contributed by atoms with Gasteiger partial charge in [0, 0.05) is 36.7 Å². The molecule has 11 heteroatoms. The van der Waals surface area contributed by atoms with Gasteiger partial charge in [-0.1, -0.05) is 11.6 Å². The lowest BCUT2D eigenvalue weighted by Gasteiger charge is -2.38. The number of hydrogen-bond donors (Lipinski definition) is 1. The molecule has 36 heavy (non-hydrogen) atoms. The van der Waals surface area contributed by atoms with Gasteiger partial charge in [-0.25, -0.2) is 14.6 Å². The highest BCUT2D eigenvalue weighted by Crippen LogP contribution is 2.25. The van der Waals surface area contributed by atoms with Gasteiger partial charge in [-0.05, 0) is 49.2 Å². The molecule has 0 aliphatic carbocycles. The van der Waals surface area contributed by atoms with Crippen LogP contribution in [0.25, 0.3) is 22.4 Å². The standard InChI is InChI=1S/C25H22ClN7O3/c26-18-2-4-19(5-3-18)33-22-20(13-29-33)24(35)32(16-28-22)15-25(36)7-10-30(11-8-25)23(34)17-1-6-21-27-9-12-31(21)14-17/h1-6,9,12-14,16,36H,7-8,10-11,15H2. The van der Waals surface area contributed by atoms with Gasteiger partial charge in [-0.15, -0.1) is 0 Å². The van der Waals surface area contributed by atoms with Crippen molar-refractivity contribution in [2.45, 2.75) is 25.0 Å². The van der Waals surface area contributed by atoms with E-state index in [4.69, 9.17) is 11.6 Å². The largest absolute Gasteiger partial charge is 0.388 e. The fourth-order valence-corrected chi connectivity index (χ4v) is 4.79. The minimum Gasteiger partial charge on any atom is -0.388 e. The van der Waals surface area contributed by atoms with Gasteiger partial charge in [0.1, 0.15) is 17.4 Å². The number of amides is 1. The van der Waals surface area contributed by atoms with E-state index in [1.165, 1.54) is 17.1 Å². The molecule has 5 aromatic rings. The summed E-state index contributed by atoms with van der Waals surface area (Å²) in [6.07, 6.45) is 8.86. The first-order valence-corrected chi connectivity index (χ1v) is 11.9. The highest BCUT2D eigenvalue weighted by atomic mass is 35.5. The first-order chi connectivity index (χ1) is 17.4. The zero-order valence-electron chi connectivity index (χ0n) is 19.2. The van der Waals surface area contributed by atoms with Gasteiger partial charge in [0.25, 0.3) is 11.5 Å². The van der Waals surface area contributed by atoms with Gasteiger partial charge in [0.2, 0.25) is 0 Å². The van der Waals surface area contributed by atoms with E-state index in [0.717, 1.165) is 11.3 Å². The van der Waals surface area contributed by atoms with E-state index in [1.54, 1.807) is 69.0 Å². The second kappa shape index (κ2) is 8.58. The second-order valence-corrected chi connectivity index (χ2v) is 9.51. The number of halogens is 1. The lowest BCUT2D eigenvalue weighted by Crippen LogP contribution is -2.49. The summed E-state index contributed by atoms with van der Waals surface area (Å²) in [4.78, 5) is 36.5. The van der Waals surface area contributed by atoms with E-state index < -0.39 is 5.60 Å². The monoisotopic (exact) mass is 503 g/mol. The van der Waals surface area contributed by atoms with Crippen molar-refractivity contribution in [1.82, 2.24) is 33.6 Å². The van der Waals surface area contributed by atoms with E-state index in [1.807, 2.05) is 0 Å². The molecule has 182 valence electrons. The summed E-state index contributed by atoms with van der Waals surface area (Å²) < 4.78 is 4.80. The Labute approximate surface area is 210 Å². The van der Waals surface area contributed by atoms with Crippen molar-refractivity contribution in [3.63, 3.8) is 0 Å².